The average Bonchev–Trinajstić information content (AvgIpc) is 2.99. The molecule has 160 valence electrons. The monoisotopic (exact) mass is 422 g/mol. The predicted octanol–water partition coefficient (Wildman–Crippen LogP) is 3.60. The molecule has 0 radical (unpaired) electrons. The molecule has 2 aliphatic heterocycles. The maximum atomic E-state index is 14.8. The molecule has 2 heterocycles. The molecule has 2 saturated heterocycles. The van der Waals surface area contributed by atoms with E-state index in [0.29, 0.717) is 29.3 Å². The van der Waals surface area contributed by atoms with Crippen molar-refractivity contribution in [3.05, 3.63) is 24.0 Å². The van der Waals surface area contributed by atoms with Crippen molar-refractivity contribution in [2.24, 2.45) is 11.8 Å². The topological polar surface area (TPSA) is 62.2 Å². The minimum absolute atomic E-state index is 0.192. The van der Waals surface area contributed by atoms with Gasteiger partial charge in [0, 0.05) is 24.9 Å². The normalized spacial score (nSPS) is 29.3. The molecule has 0 spiro atoms. The molecular weight excluding hydrogens is 391 g/mol. The molecule has 3 fully saturated rings. The summed E-state index contributed by atoms with van der Waals surface area (Å²) >= 11 is 0. The highest BCUT2D eigenvalue weighted by Gasteiger charge is 2.59. The van der Waals surface area contributed by atoms with E-state index in [1.54, 1.807) is 12.1 Å². The molecule has 1 saturated carbocycles. The lowest BCUT2D eigenvalue weighted by molar-refractivity contribution is 0.0963. The van der Waals surface area contributed by atoms with E-state index in [-0.39, 0.29) is 24.0 Å². The second kappa shape index (κ2) is 6.96. The summed E-state index contributed by atoms with van der Waals surface area (Å²) in [5, 5.41) is 9.36. The van der Waals surface area contributed by atoms with E-state index >= 15 is 0 Å². The number of carbonyl (C=O) groups excluding carboxylic acids is 1. The molecule has 3 aliphatic rings. The zero-order chi connectivity index (χ0) is 21.1. The highest BCUT2D eigenvalue weighted by molar-refractivity contribution is 6.74. The number of anilines is 2. The van der Waals surface area contributed by atoms with Crippen LogP contribution in [0.15, 0.2) is 18.2 Å². The van der Waals surface area contributed by atoms with Gasteiger partial charge in [-0.2, -0.15) is 0 Å². The number of ether oxygens (including phenoxy) is 1. The van der Waals surface area contributed by atoms with Gasteiger partial charge in [-0.1, -0.05) is 20.8 Å². The molecule has 8 heteroatoms. The summed E-state index contributed by atoms with van der Waals surface area (Å²) in [6, 6.07) is 4.86. The SMILES string of the molecule is CC(C)(C)[Si](C)(C)OC1C2CN(c3ccc(N4C[C@H](CO)OC4=O)cc3F)CC21. The lowest BCUT2D eigenvalue weighted by atomic mass is 10.2. The van der Waals surface area contributed by atoms with Gasteiger partial charge in [0.1, 0.15) is 11.9 Å². The van der Waals surface area contributed by atoms with Gasteiger partial charge >= 0.3 is 6.09 Å². The van der Waals surface area contributed by atoms with Crippen LogP contribution < -0.4 is 9.80 Å². The quantitative estimate of drug-likeness (QED) is 0.735. The molecule has 1 aliphatic carbocycles. The molecule has 1 aromatic rings. The van der Waals surface area contributed by atoms with Gasteiger partial charge in [-0.15, -0.1) is 0 Å². The van der Waals surface area contributed by atoms with Crippen LogP contribution in [0.25, 0.3) is 0 Å². The van der Waals surface area contributed by atoms with Crippen molar-refractivity contribution in [2.75, 3.05) is 36.0 Å². The Morgan fingerprint density at radius 2 is 1.90 bits per heavy atom. The van der Waals surface area contributed by atoms with Gasteiger partial charge in [0.2, 0.25) is 0 Å². The zero-order valence-corrected chi connectivity index (χ0v) is 18.8. The van der Waals surface area contributed by atoms with Crippen LogP contribution in [0.4, 0.5) is 20.6 Å². The first-order valence-electron chi connectivity index (χ1n) is 10.3. The summed E-state index contributed by atoms with van der Waals surface area (Å²) in [5.74, 6) is 0.607. The zero-order valence-electron chi connectivity index (χ0n) is 17.8. The first-order valence-corrected chi connectivity index (χ1v) is 13.2. The Hall–Kier alpha value is -1.64. The number of nitrogens with zero attached hydrogens (tertiary/aromatic N) is 2. The van der Waals surface area contributed by atoms with E-state index in [4.69, 9.17) is 14.3 Å². The largest absolute Gasteiger partial charge is 0.441 e. The molecule has 6 nitrogen and oxygen atoms in total. The molecular formula is C21H31FN2O4Si. The summed E-state index contributed by atoms with van der Waals surface area (Å²) in [5.41, 5.74) is 1.02. The Balaban J connectivity index is 1.39. The van der Waals surface area contributed by atoms with Gasteiger partial charge in [0.05, 0.1) is 30.6 Å². The van der Waals surface area contributed by atoms with E-state index < -0.39 is 20.5 Å². The number of amides is 1. The van der Waals surface area contributed by atoms with Crippen LogP contribution in [0.3, 0.4) is 0 Å². The number of aliphatic hydroxyl groups excluding tert-OH is 1. The van der Waals surface area contributed by atoms with Crippen molar-refractivity contribution >= 4 is 25.8 Å². The molecule has 1 amide bonds. The minimum atomic E-state index is -1.78. The number of hydrogen-bond acceptors (Lipinski definition) is 5. The van der Waals surface area contributed by atoms with E-state index in [2.05, 4.69) is 38.8 Å². The van der Waals surface area contributed by atoms with Crippen LogP contribution >= 0.6 is 0 Å². The summed E-state index contributed by atoms with van der Waals surface area (Å²) in [6.07, 6.45) is -0.803. The highest BCUT2D eigenvalue weighted by atomic mass is 28.4. The third kappa shape index (κ3) is 3.66. The van der Waals surface area contributed by atoms with Gasteiger partial charge < -0.3 is 19.2 Å². The van der Waals surface area contributed by atoms with Crippen molar-refractivity contribution in [3.8, 4) is 0 Å². The van der Waals surface area contributed by atoms with Crippen molar-refractivity contribution < 1.29 is 23.5 Å². The summed E-state index contributed by atoms with van der Waals surface area (Å²) in [4.78, 5) is 15.4. The lowest BCUT2D eigenvalue weighted by Gasteiger charge is -2.37. The molecule has 0 aromatic heterocycles. The number of rotatable bonds is 5. The smallest absolute Gasteiger partial charge is 0.414 e. The lowest BCUT2D eigenvalue weighted by Crippen LogP contribution is -2.43. The van der Waals surface area contributed by atoms with E-state index in [1.807, 2.05) is 0 Å². The number of cyclic esters (lactones) is 1. The molecule has 3 atom stereocenters. The molecule has 0 bridgehead atoms. The van der Waals surface area contributed by atoms with Gasteiger partial charge in [0.25, 0.3) is 0 Å². The minimum Gasteiger partial charge on any atom is -0.441 e. The number of piperidine rings is 1. The Bertz CT molecular complexity index is 800. The number of benzene rings is 1. The first kappa shape index (κ1) is 20.6. The predicted molar refractivity (Wildman–Crippen MR) is 112 cm³/mol. The van der Waals surface area contributed by atoms with Gasteiger partial charge in [-0.25, -0.2) is 9.18 Å². The third-order valence-electron chi connectivity index (χ3n) is 7.01. The Labute approximate surface area is 172 Å². The molecule has 1 N–H and O–H groups in total. The average molecular weight is 423 g/mol. The molecule has 4 rings (SSSR count). The van der Waals surface area contributed by atoms with Crippen LogP contribution in [0.5, 0.6) is 0 Å². The van der Waals surface area contributed by atoms with Crippen LogP contribution in [0.1, 0.15) is 20.8 Å². The molecule has 2 unspecified atom stereocenters. The standard InChI is InChI=1S/C21H31FN2O4Si/c1-21(2,3)29(4,5)28-19-15-10-23(11-16(15)19)18-7-6-13(8-17(18)22)24-9-14(12-25)27-20(24)26/h6-8,14-16,19,25H,9-12H2,1-5H3/t14-,15?,16?,19?/m1/s1. The van der Waals surface area contributed by atoms with Crippen molar-refractivity contribution in [1.82, 2.24) is 0 Å². The second-order valence-corrected chi connectivity index (χ2v) is 14.8. The number of halogens is 1. The maximum Gasteiger partial charge on any atom is 0.414 e. The molecule has 29 heavy (non-hydrogen) atoms. The second-order valence-electron chi connectivity index (χ2n) is 10.0. The van der Waals surface area contributed by atoms with Gasteiger partial charge in [0.15, 0.2) is 8.32 Å². The van der Waals surface area contributed by atoms with E-state index in [9.17, 15) is 9.18 Å². The number of aliphatic hydroxyl groups is 1. The van der Waals surface area contributed by atoms with E-state index in [1.165, 1.54) is 11.0 Å². The van der Waals surface area contributed by atoms with Gasteiger partial charge in [-0.05, 0) is 36.3 Å². The summed E-state index contributed by atoms with van der Waals surface area (Å²) in [7, 11) is -1.78. The highest BCUT2D eigenvalue weighted by Crippen LogP contribution is 2.52. The van der Waals surface area contributed by atoms with E-state index in [0.717, 1.165) is 13.1 Å². The fourth-order valence-electron chi connectivity index (χ4n) is 4.11. The fraction of sp³-hybridized carbons (Fsp3) is 0.667. The molecule has 1 aromatic carbocycles. The van der Waals surface area contributed by atoms with Crippen molar-refractivity contribution in [1.29, 1.82) is 0 Å². The fourth-order valence-corrected chi connectivity index (χ4v) is 5.49. The van der Waals surface area contributed by atoms with Crippen LogP contribution in [0, 0.1) is 17.7 Å². The van der Waals surface area contributed by atoms with Crippen molar-refractivity contribution in [3.63, 3.8) is 0 Å². The van der Waals surface area contributed by atoms with Crippen LogP contribution in [-0.2, 0) is 9.16 Å². The Morgan fingerprint density at radius 1 is 1.24 bits per heavy atom. The van der Waals surface area contributed by atoms with Crippen LogP contribution in [0.2, 0.25) is 18.1 Å². The Morgan fingerprint density at radius 3 is 2.41 bits per heavy atom. The summed E-state index contributed by atoms with van der Waals surface area (Å²) in [6.45, 7) is 12.9. The van der Waals surface area contributed by atoms with Gasteiger partial charge in [-0.3, -0.25) is 4.90 Å². The van der Waals surface area contributed by atoms with Crippen molar-refractivity contribution in [2.45, 2.75) is 51.1 Å². The summed E-state index contributed by atoms with van der Waals surface area (Å²) < 4.78 is 26.4. The number of hydrogen-bond donors (Lipinski definition) is 1. The number of carbonyl (C=O) groups is 1. The maximum absolute atomic E-state index is 14.8. The third-order valence-corrected chi connectivity index (χ3v) is 11.5. The first-order chi connectivity index (χ1) is 13.5. The Kier molecular flexibility index (Phi) is 4.95. The number of fused-ring (bicyclic) bond motifs is 1. The van der Waals surface area contributed by atoms with Crippen LogP contribution in [-0.4, -0.2) is 58.0 Å².